The number of aromatic nitrogens is 1. The van der Waals surface area contributed by atoms with Gasteiger partial charge in [-0.2, -0.15) is 0 Å². The van der Waals surface area contributed by atoms with Crippen LogP contribution in [-0.2, 0) is 6.54 Å². The van der Waals surface area contributed by atoms with Crippen molar-refractivity contribution in [2.24, 2.45) is 11.7 Å². The second-order valence-electron chi connectivity index (χ2n) is 6.44. The zero-order valence-corrected chi connectivity index (χ0v) is 13.4. The monoisotopic (exact) mass is 291 g/mol. The fraction of sp³-hybridized carbons (Fsp3) is 0.706. The third-order valence-corrected chi connectivity index (χ3v) is 5.01. The number of pyridine rings is 1. The number of nitrogens with two attached hydrogens (primary N) is 1. The highest BCUT2D eigenvalue weighted by molar-refractivity contribution is 4.97. The molecule has 1 heterocycles. The van der Waals surface area contributed by atoms with Crippen molar-refractivity contribution in [2.45, 2.75) is 51.6 Å². The molecule has 21 heavy (non-hydrogen) atoms. The lowest BCUT2D eigenvalue weighted by Gasteiger charge is -2.47. The molecule has 0 amide bonds. The number of rotatable bonds is 6. The lowest BCUT2D eigenvalue weighted by molar-refractivity contribution is 0.0403. The van der Waals surface area contributed by atoms with Crippen LogP contribution >= 0.6 is 0 Å². The van der Waals surface area contributed by atoms with Gasteiger partial charge in [0.2, 0.25) is 0 Å². The molecule has 0 aromatic carbocycles. The maximum absolute atomic E-state index is 11.8. The van der Waals surface area contributed by atoms with E-state index in [1.807, 2.05) is 12.3 Å². The van der Waals surface area contributed by atoms with Gasteiger partial charge in [-0.3, -0.25) is 9.69 Å². The van der Waals surface area contributed by atoms with E-state index in [1.54, 1.807) is 16.7 Å². The van der Waals surface area contributed by atoms with E-state index in [-0.39, 0.29) is 11.1 Å². The van der Waals surface area contributed by atoms with E-state index < -0.39 is 0 Å². The second-order valence-corrected chi connectivity index (χ2v) is 6.44. The van der Waals surface area contributed by atoms with E-state index in [4.69, 9.17) is 5.73 Å². The van der Waals surface area contributed by atoms with Crippen molar-refractivity contribution < 1.29 is 0 Å². The van der Waals surface area contributed by atoms with Crippen LogP contribution < -0.4 is 11.3 Å². The van der Waals surface area contributed by atoms with Crippen LogP contribution in [0.5, 0.6) is 0 Å². The Bertz CT molecular complexity index is 499. The Morgan fingerprint density at radius 1 is 1.48 bits per heavy atom. The number of hydrogen-bond acceptors (Lipinski definition) is 3. The van der Waals surface area contributed by atoms with Crippen molar-refractivity contribution >= 4 is 0 Å². The molecular formula is C17H29N3O. The van der Waals surface area contributed by atoms with Crippen molar-refractivity contribution in [3.05, 3.63) is 34.7 Å². The first-order valence-corrected chi connectivity index (χ1v) is 8.22. The summed E-state index contributed by atoms with van der Waals surface area (Å²) < 4.78 is 1.79. The quantitative estimate of drug-likeness (QED) is 0.873. The smallest absolute Gasteiger partial charge is 0.250 e. The molecule has 1 aliphatic carbocycles. The number of hydrogen-bond donors (Lipinski definition) is 1. The summed E-state index contributed by atoms with van der Waals surface area (Å²) in [4.78, 5) is 14.3. The van der Waals surface area contributed by atoms with E-state index in [9.17, 15) is 4.79 Å². The van der Waals surface area contributed by atoms with Gasteiger partial charge in [-0.15, -0.1) is 0 Å². The third-order valence-electron chi connectivity index (χ3n) is 5.01. The molecule has 4 nitrogen and oxygen atoms in total. The maximum atomic E-state index is 11.8. The predicted octanol–water partition coefficient (Wildman–Crippen LogP) is 2.08. The fourth-order valence-corrected chi connectivity index (χ4v) is 3.84. The summed E-state index contributed by atoms with van der Waals surface area (Å²) in [5.74, 6) is 0.746. The highest BCUT2D eigenvalue weighted by atomic mass is 16.1. The Labute approximate surface area is 127 Å². The molecule has 1 aliphatic rings. The molecule has 2 rings (SSSR count). The second kappa shape index (κ2) is 7.23. The van der Waals surface area contributed by atoms with E-state index in [0.29, 0.717) is 0 Å². The van der Waals surface area contributed by atoms with Gasteiger partial charge >= 0.3 is 0 Å². The molecule has 0 bridgehead atoms. The van der Waals surface area contributed by atoms with E-state index in [1.165, 1.54) is 25.7 Å². The molecule has 4 heteroatoms. The molecule has 1 saturated carbocycles. The molecule has 0 aliphatic heterocycles. The van der Waals surface area contributed by atoms with Crippen molar-refractivity contribution in [2.75, 3.05) is 19.6 Å². The van der Waals surface area contributed by atoms with Crippen LogP contribution in [0.25, 0.3) is 0 Å². The van der Waals surface area contributed by atoms with Crippen LogP contribution in [0.1, 0.15) is 39.5 Å². The summed E-state index contributed by atoms with van der Waals surface area (Å²) in [5, 5.41) is 0. The molecule has 2 unspecified atom stereocenters. The van der Waals surface area contributed by atoms with Crippen LogP contribution in [0.2, 0.25) is 0 Å². The summed E-state index contributed by atoms with van der Waals surface area (Å²) in [6.45, 7) is 7.87. The largest absolute Gasteiger partial charge is 0.329 e. The van der Waals surface area contributed by atoms with Crippen LogP contribution in [0.4, 0.5) is 0 Å². The van der Waals surface area contributed by atoms with Crippen LogP contribution in [0.3, 0.4) is 0 Å². The molecule has 2 atom stereocenters. The summed E-state index contributed by atoms with van der Waals surface area (Å²) in [6.07, 6.45) is 6.82. The van der Waals surface area contributed by atoms with Crippen LogP contribution in [-0.4, -0.2) is 34.6 Å². The van der Waals surface area contributed by atoms with Gasteiger partial charge in [0.25, 0.3) is 5.56 Å². The zero-order chi connectivity index (χ0) is 15.3. The first-order chi connectivity index (χ1) is 10.1. The first-order valence-electron chi connectivity index (χ1n) is 8.22. The molecule has 0 spiro atoms. The Morgan fingerprint density at radius 3 is 2.90 bits per heavy atom. The highest BCUT2D eigenvalue weighted by Gasteiger charge is 2.38. The minimum Gasteiger partial charge on any atom is -0.329 e. The number of likely N-dealkylation sites (N-methyl/N-ethyl adjacent to an activating group) is 1. The fourth-order valence-electron chi connectivity index (χ4n) is 3.84. The molecule has 0 radical (unpaired) electrons. The highest BCUT2D eigenvalue weighted by Crippen LogP contribution is 2.36. The van der Waals surface area contributed by atoms with E-state index >= 15 is 0 Å². The van der Waals surface area contributed by atoms with Gasteiger partial charge in [-0.25, -0.2) is 0 Å². The number of nitrogens with zero attached hydrogens (tertiary/aromatic N) is 2. The van der Waals surface area contributed by atoms with Crippen molar-refractivity contribution in [1.29, 1.82) is 0 Å². The topological polar surface area (TPSA) is 51.3 Å². The van der Waals surface area contributed by atoms with Crippen molar-refractivity contribution in [3.63, 3.8) is 0 Å². The Morgan fingerprint density at radius 2 is 2.29 bits per heavy atom. The summed E-state index contributed by atoms with van der Waals surface area (Å²) in [7, 11) is 0. The molecule has 1 fully saturated rings. The average molecular weight is 291 g/mol. The van der Waals surface area contributed by atoms with Gasteiger partial charge in [0.15, 0.2) is 0 Å². The Hall–Kier alpha value is -1.13. The molecule has 0 saturated heterocycles. The SMILES string of the molecule is CCN(CCn1ccccc1=O)C1(CN)CCCC(C)C1. The van der Waals surface area contributed by atoms with Crippen LogP contribution in [0, 0.1) is 5.92 Å². The van der Waals surface area contributed by atoms with Gasteiger partial charge in [0.1, 0.15) is 0 Å². The van der Waals surface area contributed by atoms with E-state index in [0.717, 1.165) is 32.1 Å². The third kappa shape index (κ3) is 3.74. The normalized spacial score (nSPS) is 26.2. The molecular weight excluding hydrogens is 262 g/mol. The lowest BCUT2D eigenvalue weighted by atomic mass is 9.75. The Balaban J connectivity index is 2.07. The van der Waals surface area contributed by atoms with E-state index in [2.05, 4.69) is 18.7 Å². The Kier molecular flexibility index (Phi) is 5.59. The van der Waals surface area contributed by atoms with Gasteiger partial charge in [-0.1, -0.05) is 32.8 Å². The summed E-state index contributed by atoms with van der Waals surface area (Å²) in [6, 6.07) is 5.33. The van der Waals surface area contributed by atoms with Gasteiger partial charge in [0, 0.05) is 37.4 Å². The maximum Gasteiger partial charge on any atom is 0.250 e. The van der Waals surface area contributed by atoms with Gasteiger partial charge in [0.05, 0.1) is 0 Å². The molecule has 118 valence electrons. The standard InChI is InChI=1S/C17H29N3O/c1-3-20(12-11-19-10-5-4-8-16(19)21)17(14-18)9-6-7-15(2)13-17/h4-5,8,10,15H,3,6-7,9,11-14,18H2,1-2H3. The minimum atomic E-state index is 0.0763. The molecule has 1 aromatic rings. The van der Waals surface area contributed by atoms with Gasteiger partial charge in [-0.05, 0) is 31.4 Å². The van der Waals surface area contributed by atoms with Crippen LogP contribution in [0.15, 0.2) is 29.2 Å². The van der Waals surface area contributed by atoms with Gasteiger partial charge < -0.3 is 10.3 Å². The summed E-state index contributed by atoms with van der Waals surface area (Å²) >= 11 is 0. The van der Waals surface area contributed by atoms with Crippen molar-refractivity contribution in [3.8, 4) is 0 Å². The average Bonchev–Trinajstić information content (AvgIpc) is 2.49. The zero-order valence-electron chi connectivity index (χ0n) is 13.4. The molecule has 1 aromatic heterocycles. The lowest BCUT2D eigenvalue weighted by Crippen LogP contribution is -2.57. The predicted molar refractivity (Wildman–Crippen MR) is 87.4 cm³/mol. The minimum absolute atomic E-state index is 0.0763. The van der Waals surface area contributed by atoms with Crippen molar-refractivity contribution in [1.82, 2.24) is 9.47 Å². The molecule has 2 N–H and O–H groups in total. The first kappa shape index (κ1) is 16.2. The summed E-state index contributed by atoms with van der Waals surface area (Å²) in [5.41, 5.74) is 6.37.